The smallest absolute Gasteiger partial charge is 0.0207 e. The Labute approximate surface area is 95.4 Å². The van der Waals surface area contributed by atoms with Crippen LogP contribution in [0.4, 0.5) is 0 Å². The average Bonchev–Trinajstić information content (AvgIpc) is 2.62. The zero-order chi connectivity index (χ0) is 11.3. The van der Waals surface area contributed by atoms with Gasteiger partial charge in [-0.3, -0.25) is 0 Å². The minimum absolute atomic E-state index is 0.754. The molecule has 0 aliphatic carbocycles. The van der Waals surface area contributed by atoms with Gasteiger partial charge in [0.25, 0.3) is 0 Å². The van der Waals surface area contributed by atoms with Gasteiger partial charge >= 0.3 is 0 Å². The quantitative estimate of drug-likeness (QED) is 0.727. The second kappa shape index (κ2) is 6.49. The van der Waals surface area contributed by atoms with Gasteiger partial charge < -0.3 is 10.2 Å². The molecule has 0 aromatic carbocycles. The van der Waals surface area contributed by atoms with Crippen LogP contribution in [0.2, 0.25) is 0 Å². The molecule has 1 rings (SSSR count). The van der Waals surface area contributed by atoms with Crippen molar-refractivity contribution in [1.29, 1.82) is 0 Å². The van der Waals surface area contributed by atoms with E-state index in [1.54, 1.807) is 0 Å². The summed E-state index contributed by atoms with van der Waals surface area (Å²) >= 11 is 0. The maximum atomic E-state index is 3.62. The van der Waals surface area contributed by atoms with Crippen LogP contribution in [0.5, 0.6) is 0 Å². The highest BCUT2D eigenvalue weighted by Crippen LogP contribution is 2.16. The highest BCUT2D eigenvalue weighted by atomic mass is 15.2. The summed E-state index contributed by atoms with van der Waals surface area (Å²) in [4.78, 5) is 2.62. The van der Waals surface area contributed by atoms with Crippen molar-refractivity contribution in [2.45, 2.75) is 46.6 Å². The molecule has 2 nitrogen and oxygen atoms in total. The molecular weight excluding hydrogens is 184 g/mol. The molecule has 2 heteroatoms. The van der Waals surface area contributed by atoms with Gasteiger partial charge in [0, 0.05) is 19.1 Å². The topological polar surface area (TPSA) is 15.3 Å². The van der Waals surface area contributed by atoms with Crippen molar-refractivity contribution in [2.75, 3.05) is 26.2 Å². The Kier molecular flexibility index (Phi) is 5.62. The van der Waals surface area contributed by atoms with Gasteiger partial charge in [0.1, 0.15) is 0 Å². The molecule has 2 unspecified atom stereocenters. The number of likely N-dealkylation sites (tertiary alicyclic amines) is 1. The van der Waals surface area contributed by atoms with E-state index in [0.29, 0.717) is 0 Å². The van der Waals surface area contributed by atoms with Gasteiger partial charge in [-0.1, -0.05) is 27.7 Å². The third kappa shape index (κ3) is 4.52. The van der Waals surface area contributed by atoms with Gasteiger partial charge in [0.05, 0.1) is 0 Å². The van der Waals surface area contributed by atoms with Gasteiger partial charge in [-0.15, -0.1) is 0 Å². The first kappa shape index (κ1) is 13.0. The summed E-state index contributed by atoms with van der Waals surface area (Å²) in [6.45, 7) is 14.3. The average molecular weight is 212 g/mol. The van der Waals surface area contributed by atoms with Crippen LogP contribution in [-0.2, 0) is 0 Å². The number of nitrogens with one attached hydrogen (secondary N) is 1. The lowest BCUT2D eigenvalue weighted by atomic mass is 9.98. The van der Waals surface area contributed by atoms with Crippen LogP contribution in [-0.4, -0.2) is 37.1 Å². The Morgan fingerprint density at radius 3 is 2.67 bits per heavy atom. The molecular formula is C13H28N2. The summed E-state index contributed by atoms with van der Waals surface area (Å²) in [6.07, 6.45) is 2.59. The molecule has 1 aliphatic rings. The van der Waals surface area contributed by atoms with E-state index in [9.17, 15) is 0 Å². The summed E-state index contributed by atoms with van der Waals surface area (Å²) in [5, 5.41) is 3.62. The Hall–Kier alpha value is -0.0800. The van der Waals surface area contributed by atoms with Crippen LogP contribution in [0.1, 0.15) is 40.5 Å². The zero-order valence-corrected chi connectivity index (χ0v) is 10.9. The fraction of sp³-hybridized carbons (Fsp3) is 1.00. The van der Waals surface area contributed by atoms with Crippen LogP contribution in [0.3, 0.4) is 0 Å². The summed E-state index contributed by atoms with van der Waals surface area (Å²) in [5.41, 5.74) is 0. The molecule has 15 heavy (non-hydrogen) atoms. The molecule has 1 aliphatic heterocycles. The van der Waals surface area contributed by atoms with Gasteiger partial charge in [-0.2, -0.15) is 0 Å². The van der Waals surface area contributed by atoms with E-state index in [4.69, 9.17) is 0 Å². The van der Waals surface area contributed by atoms with E-state index >= 15 is 0 Å². The molecule has 0 spiro atoms. The van der Waals surface area contributed by atoms with Crippen molar-refractivity contribution < 1.29 is 0 Å². The molecule has 0 aromatic rings. The fourth-order valence-electron chi connectivity index (χ4n) is 2.13. The molecule has 0 aromatic heterocycles. The van der Waals surface area contributed by atoms with E-state index in [1.807, 2.05) is 0 Å². The molecule has 0 amide bonds. The molecule has 2 atom stereocenters. The summed E-state index contributed by atoms with van der Waals surface area (Å²) in [5.74, 6) is 1.64. The monoisotopic (exact) mass is 212 g/mol. The van der Waals surface area contributed by atoms with Crippen molar-refractivity contribution >= 4 is 0 Å². The molecule has 1 heterocycles. The highest BCUT2D eigenvalue weighted by Gasteiger charge is 2.23. The van der Waals surface area contributed by atoms with Gasteiger partial charge in [0.15, 0.2) is 0 Å². The molecule has 0 bridgehead atoms. The summed E-state index contributed by atoms with van der Waals surface area (Å²) in [6, 6.07) is 0.754. The second-order valence-corrected chi connectivity index (χ2v) is 5.42. The minimum Gasteiger partial charge on any atom is -0.313 e. The number of rotatable bonds is 6. The third-order valence-electron chi connectivity index (χ3n) is 3.64. The Balaban J connectivity index is 2.18. The first-order chi connectivity index (χ1) is 7.13. The second-order valence-electron chi connectivity index (χ2n) is 5.42. The van der Waals surface area contributed by atoms with Crippen LogP contribution in [0, 0.1) is 11.8 Å². The summed E-state index contributed by atoms with van der Waals surface area (Å²) in [7, 11) is 0. The van der Waals surface area contributed by atoms with Crippen LogP contribution < -0.4 is 5.32 Å². The van der Waals surface area contributed by atoms with Gasteiger partial charge in [-0.05, 0) is 37.8 Å². The first-order valence-electron chi connectivity index (χ1n) is 6.59. The lowest BCUT2D eigenvalue weighted by Gasteiger charge is -2.23. The van der Waals surface area contributed by atoms with Crippen LogP contribution in [0.15, 0.2) is 0 Å². The minimum atomic E-state index is 0.754. The SMILES string of the molecule is CCCNC1CCN(CC(C)C(C)C)C1. The van der Waals surface area contributed by atoms with E-state index in [-0.39, 0.29) is 0 Å². The highest BCUT2D eigenvalue weighted by molar-refractivity contribution is 4.81. The molecule has 0 saturated carbocycles. The van der Waals surface area contributed by atoms with Gasteiger partial charge in [-0.25, -0.2) is 0 Å². The standard InChI is InChI=1S/C13H28N2/c1-5-7-14-13-6-8-15(10-13)9-12(4)11(2)3/h11-14H,5-10H2,1-4H3. The Bertz CT molecular complexity index is 168. The zero-order valence-electron chi connectivity index (χ0n) is 10.9. The van der Waals surface area contributed by atoms with E-state index < -0.39 is 0 Å². The van der Waals surface area contributed by atoms with E-state index in [0.717, 1.165) is 17.9 Å². The maximum Gasteiger partial charge on any atom is 0.0207 e. The Morgan fingerprint density at radius 2 is 2.07 bits per heavy atom. The first-order valence-corrected chi connectivity index (χ1v) is 6.59. The number of hydrogen-bond acceptors (Lipinski definition) is 2. The van der Waals surface area contributed by atoms with E-state index in [2.05, 4.69) is 37.9 Å². The largest absolute Gasteiger partial charge is 0.313 e. The predicted molar refractivity (Wildman–Crippen MR) is 67.1 cm³/mol. The van der Waals surface area contributed by atoms with Crippen molar-refractivity contribution in [1.82, 2.24) is 10.2 Å². The molecule has 1 saturated heterocycles. The fourth-order valence-corrected chi connectivity index (χ4v) is 2.13. The lowest BCUT2D eigenvalue weighted by Crippen LogP contribution is -2.35. The maximum absolute atomic E-state index is 3.62. The summed E-state index contributed by atoms with van der Waals surface area (Å²) < 4.78 is 0. The molecule has 90 valence electrons. The predicted octanol–water partition coefficient (Wildman–Crippen LogP) is 2.35. The van der Waals surface area contributed by atoms with Crippen LogP contribution in [0.25, 0.3) is 0 Å². The number of nitrogens with zero attached hydrogens (tertiary/aromatic N) is 1. The Morgan fingerprint density at radius 1 is 1.33 bits per heavy atom. The van der Waals surface area contributed by atoms with Crippen molar-refractivity contribution in [3.05, 3.63) is 0 Å². The van der Waals surface area contributed by atoms with Crippen molar-refractivity contribution in [2.24, 2.45) is 11.8 Å². The molecule has 1 fully saturated rings. The van der Waals surface area contributed by atoms with Crippen molar-refractivity contribution in [3.8, 4) is 0 Å². The number of hydrogen-bond donors (Lipinski definition) is 1. The third-order valence-corrected chi connectivity index (χ3v) is 3.64. The van der Waals surface area contributed by atoms with Crippen molar-refractivity contribution in [3.63, 3.8) is 0 Å². The molecule has 0 radical (unpaired) electrons. The normalized spacial score (nSPS) is 25.0. The lowest BCUT2D eigenvalue weighted by molar-refractivity contribution is 0.245. The van der Waals surface area contributed by atoms with Crippen LogP contribution >= 0.6 is 0 Å². The van der Waals surface area contributed by atoms with Gasteiger partial charge in [0.2, 0.25) is 0 Å². The van der Waals surface area contributed by atoms with E-state index in [1.165, 1.54) is 39.0 Å². The molecule has 1 N–H and O–H groups in total.